The second-order valence-electron chi connectivity index (χ2n) is 4.25. The molecule has 0 saturated carbocycles. The summed E-state index contributed by atoms with van der Waals surface area (Å²) in [5, 5.41) is 1.48. The fourth-order valence-electron chi connectivity index (χ4n) is 2.51. The van der Waals surface area contributed by atoms with Gasteiger partial charge in [-0.1, -0.05) is 12.1 Å². The average molecular weight is 186 g/mol. The van der Waals surface area contributed by atoms with Gasteiger partial charge in [0.2, 0.25) is 0 Å². The van der Waals surface area contributed by atoms with Crippen LogP contribution in [0.3, 0.4) is 0 Å². The molecule has 0 amide bonds. The van der Waals surface area contributed by atoms with Gasteiger partial charge in [-0.3, -0.25) is 4.90 Å². The third kappa shape index (κ3) is 0.946. The molecule has 2 heteroatoms. The molecule has 2 aromatic rings. The van der Waals surface area contributed by atoms with E-state index in [0.29, 0.717) is 0 Å². The Labute approximate surface area is 83.7 Å². The van der Waals surface area contributed by atoms with Crippen LogP contribution in [0.2, 0.25) is 0 Å². The van der Waals surface area contributed by atoms with E-state index in [4.69, 9.17) is 0 Å². The second-order valence-corrected chi connectivity index (χ2v) is 4.25. The van der Waals surface area contributed by atoms with Gasteiger partial charge in [-0.25, -0.2) is 0 Å². The maximum Gasteiger partial charge on any atom is 0.0484 e. The first kappa shape index (κ1) is 8.06. The van der Waals surface area contributed by atoms with Crippen molar-refractivity contribution in [2.75, 3.05) is 7.05 Å². The summed E-state index contributed by atoms with van der Waals surface area (Å²) in [4.78, 5) is 2.36. The molecule has 3 rings (SSSR count). The van der Waals surface area contributed by atoms with Crippen molar-refractivity contribution in [3.05, 3.63) is 35.5 Å². The van der Waals surface area contributed by atoms with Crippen molar-refractivity contribution in [2.45, 2.75) is 13.1 Å². The van der Waals surface area contributed by atoms with E-state index in [0.717, 1.165) is 13.1 Å². The predicted octanol–water partition coefficient (Wildman–Crippen LogP) is 2.12. The quantitative estimate of drug-likeness (QED) is 0.612. The fraction of sp³-hybridized carbons (Fsp3) is 0.333. The van der Waals surface area contributed by atoms with Gasteiger partial charge >= 0.3 is 0 Å². The van der Waals surface area contributed by atoms with Crippen molar-refractivity contribution in [1.82, 2.24) is 9.47 Å². The summed E-state index contributed by atoms with van der Waals surface area (Å²) < 4.78 is 2.23. The fourth-order valence-corrected chi connectivity index (χ4v) is 2.51. The van der Waals surface area contributed by atoms with E-state index in [9.17, 15) is 0 Å². The highest BCUT2D eigenvalue weighted by molar-refractivity contribution is 5.87. The van der Waals surface area contributed by atoms with Crippen LogP contribution >= 0.6 is 0 Å². The molecule has 1 aliphatic rings. The minimum atomic E-state index is 1.08. The van der Waals surface area contributed by atoms with Gasteiger partial charge in [-0.15, -0.1) is 0 Å². The molecule has 1 aromatic heterocycles. The van der Waals surface area contributed by atoms with E-state index >= 15 is 0 Å². The van der Waals surface area contributed by atoms with Gasteiger partial charge in [-0.05, 0) is 24.2 Å². The van der Waals surface area contributed by atoms with Gasteiger partial charge in [-0.2, -0.15) is 0 Å². The summed E-state index contributed by atoms with van der Waals surface area (Å²) in [6.07, 6.45) is 2.25. The zero-order valence-corrected chi connectivity index (χ0v) is 8.62. The molecule has 1 aliphatic heterocycles. The summed E-state index contributed by atoms with van der Waals surface area (Å²) in [7, 11) is 4.30. The Morgan fingerprint density at radius 1 is 1.07 bits per heavy atom. The molecule has 2 heterocycles. The maximum absolute atomic E-state index is 2.36. The summed E-state index contributed by atoms with van der Waals surface area (Å²) in [6.45, 7) is 2.16. The van der Waals surface area contributed by atoms with E-state index in [-0.39, 0.29) is 0 Å². The van der Waals surface area contributed by atoms with Crippen molar-refractivity contribution in [3.63, 3.8) is 0 Å². The van der Waals surface area contributed by atoms with E-state index in [1.807, 2.05) is 0 Å². The number of nitrogens with zero attached hydrogens (tertiary/aromatic N) is 2. The lowest BCUT2D eigenvalue weighted by atomic mass is 10.0. The zero-order valence-electron chi connectivity index (χ0n) is 8.62. The Bertz CT molecular complexity index is 496. The minimum Gasteiger partial charge on any atom is -0.350 e. The highest BCUT2D eigenvalue weighted by Crippen LogP contribution is 2.30. The van der Waals surface area contributed by atoms with E-state index in [1.165, 1.54) is 22.0 Å². The highest BCUT2D eigenvalue weighted by Gasteiger charge is 2.17. The molecule has 72 valence electrons. The zero-order chi connectivity index (χ0) is 9.71. The first-order valence-corrected chi connectivity index (χ1v) is 5.00. The molecule has 14 heavy (non-hydrogen) atoms. The third-order valence-electron chi connectivity index (χ3n) is 3.06. The van der Waals surface area contributed by atoms with Crippen molar-refractivity contribution < 1.29 is 0 Å². The Morgan fingerprint density at radius 2 is 1.86 bits per heavy atom. The number of aromatic nitrogens is 1. The normalized spacial score (nSPS) is 16.4. The van der Waals surface area contributed by atoms with Crippen molar-refractivity contribution in [1.29, 1.82) is 0 Å². The van der Waals surface area contributed by atoms with Crippen molar-refractivity contribution in [3.8, 4) is 0 Å². The maximum atomic E-state index is 2.36. The van der Waals surface area contributed by atoms with Crippen LogP contribution in [-0.4, -0.2) is 16.5 Å². The van der Waals surface area contributed by atoms with Gasteiger partial charge in [0.1, 0.15) is 0 Å². The molecule has 0 saturated heterocycles. The molecular formula is C12H14N2. The minimum absolute atomic E-state index is 1.08. The summed E-state index contributed by atoms with van der Waals surface area (Å²) in [5.41, 5.74) is 4.30. The molecule has 0 spiro atoms. The Morgan fingerprint density at radius 3 is 2.71 bits per heavy atom. The summed E-state index contributed by atoms with van der Waals surface area (Å²) in [6, 6.07) is 6.59. The largest absolute Gasteiger partial charge is 0.350 e. The molecule has 0 bridgehead atoms. The Kier molecular flexibility index (Phi) is 1.50. The molecule has 2 nitrogen and oxygen atoms in total. The van der Waals surface area contributed by atoms with Crippen LogP contribution in [0.5, 0.6) is 0 Å². The number of benzene rings is 1. The summed E-state index contributed by atoms with van der Waals surface area (Å²) in [5.74, 6) is 0. The van der Waals surface area contributed by atoms with Crippen LogP contribution < -0.4 is 0 Å². The van der Waals surface area contributed by atoms with E-state index in [2.05, 4.69) is 48.0 Å². The molecule has 0 aliphatic carbocycles. The first-order chi connectivity index (χ1) is 6.75. The van der Waals surface area contributed by atoms with Gasteiger partial charge in [0.05, 0.1) is 0 Å². The lowest BCUT2D eigenvalue weighted by molar-refractivity contribution is 0.314. The smallest absolute Gasteiger partial charge is 0.0484 e. The van der Waals surface area contributed by atoms with Crippen LogP contribution in [0, 0.1) is 0 Å². The number of hydrogen-bond donors (Lipinski definition) is 0. The van der Waals surface area contributed by atoms with Gasteiger partial charge in [0.25, 0.3) is 0 Å². The molecule has 0 radical (unpaired) electrons. The average Bonchev–Trinajstić information content (AvgIpc) is 2.45. The second kappa shape index (κ2) is 2.61. The SMILES string of the molecule is CN1Cc2cccc3c2c(cn3C)C1. The van der Waals surface area contributed by atoms with Crippen molar-refractivity contribution in [2.24, 2.45) is 7.05 Å². The standard InChI is InChI=1S/C12H14N2/c1-13-6-9-4-3-5-11-12(9)10(7-13)8-14(11)2/h3-5,8H,6-7H2,1-2H3. The summed E-state index contributed by atoms with van der Waals surface area (Å²) >= 11 is 0. The Balaban J connectivity index is 2.41. The van der Waals surface area contributed by atoms with Crippen molar-refractivity contribution >= 4 is 10.9 Å². The monoisotopic (exact) mass is 186 g/mol. The van der Waals surface area contributed by atoms with Crippen LogP contribution in [0.1, 0.15) is 11.1 Å². The molecule has 0 atom stereocenters. The third-order valence-corrected chi connectivity index (χ3v) is 3.06. The van der Waals surface area contributed by atoms with Crippen LogP contribution in [-0.2, 0) is 20.1 Å². The first-order valence-electron chi connectivity index (χ1n) is 5.00. The van der Waals surface area contributed by atoms with Gasteiger partial charge in [0.15, 0.2) is 0 Å². The number of rotatable bonds is 0. The Hall–Kier alpha value is -1.28. The molecule has 0 fully saturated rings. The molecule has 0 unspecified atom stereocenters. The van der Waals surface area contributed by atoms with E-state index in [1.54, 1.807) is 0 Å². The highest BCUT2D eigenvalue weighted by atomic mass is 15.1. The molecule has 0 N–H and O–H groups in total. The van der Waals surface area contributed by atoms with Crippen LogP contribution in [0.4, 0.5) is 0 Å². The lowest BCUT2D eigenvalue weighted by Gasteiger charge is -2.22. The van der Waals surface area contributed by atoms with Crippen LogP contribution in [0.15, 0.2) is 24.4 Å². The predicted molar refractivity (Wildman–Crippen MR) is 58.1 cm³/mol. The van der Waals surface area contributed by atoms with Gasteiger partial charge in [0, 0.05) is 37.2 Å². The molecular weight excluding hydrogens is 172 g/mol. The topological polar surface area (TPSA) is 8.17 Å². The number of aryl methyl sites for hydroxylation is 1. The van der Waals surface area contributed by atoms with Gasteiger partial charge < -0.3 is 4.57 Å². The molecule has 1 aromatic carbocycles. The number of hydrogen-bond acceptors (Lipinski definition) is 1. The van der Waals surface area contributed by atoms with Crippen LogP contribution in [0.25, 0.3) is 10.9 Å². The van der Waals surface area contributed by atoms with E-state index < -0.39 is 0 Å². The lowest BCUT2D eigenvalue weighted by Crippen LogP contribution is -2.20.